The van der Waals surface area contributed by atoms with Crippen molar-refractivity contribution in [1.82, 2.24) is 10.2 Å². The number of hydrogen-bond donors (Lipinski definition) is 1. The third-order valence-electron chi connectivity index (χ3n) is 7.15. The SMILES string of the molecule is COc1ccc(S(=O)(=O)N(CC(=O)N(Cc2ccc(C)cc2)[C@@H](Cc2ccccc2)C(=O)NC(C)C)c2ccccc2)cc1. The number of anilines is 1. The highest BCUT2D eigenvalue weighted by atomic mass is 32.2. The van der Waals surface area contributed by atoms with Gasteiger partial charge >= 0.3 is 0 Å². The number of aryl methyl sites for hydroxylation is 1. The van der Waals surface area contributed by atoms with Gasteiger partial charge in [0.25, 0.3) is 10.0 Å². The molecule has 0 bridgehead atoms. The van der Waals surface area contributed by atoms with Gasteiger partial charge < -0.3 is 15.0 Å². The highest BCUT2D eigenvalue weighted by Crippen LogP contribution is 2.26. The van der Waals surface area contributed by atoms with Crippen LogP contribution in [0.1, 0.15) is 30.5 Å². The number of carbonyl (C=O) groups excluding carboxylic acids is 2. The van der Waals surface area contributed by atoms with E-state index in [4.69, 9.17) is 4.74 Å². The smallest absolute Gasteiger partial charge is 0.264 e. The van der Waals surface area contributed by atoms with Crippen molar-refractivity contribution in [3.63, 3.8) is 0 Å². The lowest BCUT2D eigenvalue weighted by Gasteiger charge is -2.34. The first kappa shape index (κ1) is 32.3. The standard InChI is InChI=1S/C35H39N3O5S/c1-26(2)36-35(40)33(23-28-11-7-5-8-12-28)37(24-29-17-15-27(3)16-18-29)34(39)25-38(30-13-9-6-10-14-30)44(41,42)32-21-19-31(43-4)20-22-32/h5-22,26,33H,23-25H2,1-4H3,(H,36,40)/t33-/m0/s1. The van der Waals surface area contributed by atoms with E-state index in [1.807, 2.05) is 75.4 Å². The van der Waals surface area contributed by atoms with Crippen LogP contribution >= 0.6 is 0 Å². The summed E-state index contributed by atoms with van der Waals surface area (Å²) in [5.74, 6) is -0.310. The van der Waals surface area contributed by atoms with Gasteiger partial charge in [0.1, 0.15) is 18.3 Å². The lowest BCUT2D eigenvalue weighted by Crippen LogP contribution is -2.54. The number of methoxy groups -OCH3 is 1. The third kappa shape index (κ3) is 8.26. The van der Waals surface area contributed by atoms with Crippen LogP contribution in [0.15, 0.2) is 114 Å². The highest BCUT2D eigenvalue weighted by molar-refractivity contribution is 7.92. The molecule has 0 radical (unpaired) electrons. The van der Waals surface area contributed by atoms with Crippen LogP contribution in [0.3, 0.4) is 0 Å². The van der Waals surface area contributed by atoms with E-state index in [0.29, 0.717) is 11.4 Å². The summed E-state index contributed by atoms with van der Waals surface area (Å²) in [5, 5.41) is 2.97. The minimum Gasteiger partial charge on any atom is -0.497 e. The van der Waals surface area contributed by atoms with Crippen molar-refractivity contribution in [3.05, 3.63) is 126 Å². The maximum absolute atomic E-state index is 14.4. The third-order valence-corrected chi connectivity index (χ3v) is 8.93. The lowest BCUT2D eigenvalue weighted by molar-refractivity contribution is -0.140. The molecule has 0 aliphatic carbocycles. The molecule has 4 aromatic carbocycles. The van der Waals surface area contributed by atoms with Gasteiger partial charge in [-0.1, -0.05) is 78.4 Å². The molecule has 9 heteroatoms. The van der Waals surface area contributed by atoms with Crippen molar-refractivity contribution in [2.45, 2.75) is 50.7 Å². The number of nitrogens with zero attached hydrogens (tertiary/aromatic N) is 2. The number of sulfonamides is 1. The second kappa shape index (κ2) is 14.7. The zero-order valence-corrected chi connectivity index (χ0v) is 26.3. The summed E-state index contributed by atoms with van der Waals surface area (Å²) in [5.41, 5.74) is 3.09. The van der Waals surface area contributed by atoms with Crippen LogP contribution in [0.4, 0.5) is 5.69 Å². The summed E-state index contributed by atoms with van der Waals surface area (Å²) in [4.78, 5) is 29.7. The van der Waals surface area contributed by atoms with Gasteiger partial charge in [0.2, 0.25) is 11.8 Å². The number of rotatable bonds is 13. The number of para-hydroxylation sites is 1. The van der Waals surface area contributed by atoms with E-state index < -0.39 is 28.5 Å². The Kier molecular flexibility index (Phi) is 10.8. The van der Waals surface area contributed by atoms with E-state index in [0.717, 1.165) is 21.0 Å². The molecule has 1 atom stereocenters. The summed E-state index contributed by atoms with van der Waals surface area (Å²) in [6, 6.07) is 30.7. The van der Waals surface area contributed by atoms with Crippen molar-refractivity contribution in [3.8, 4) is 5.75 Å². The van der Waals surface area contributed by atoms with Crippen molar-refractivity contribution < 1.29 is 22.7 Å². The fraction of sp³-hybridized carbons (Fsp3) is 0.257. The van der Waals surface area contributed by atoms with Crippen LogP contribution in [0.2, 0.25) is 0 Å². The number of amides is 2. The number of hydrogen-bond acceptors (Lipinski definition) is 5. The molecular formula is C35H39N3O5S. The Morgan fingerprint density at radius 2 is 1.39 bits per heavy atom. The molecular weight excluding hydrogens is 574 g/mol. The monoisotopic (exact) mass is 613 g/mol. The van der Waals surface area contributed by atoms with Crippen LogP contribution in [-0.2, 0) is 32.6 Å². The zero-order chi connectivity index (χ0) is 31.7. The normalized spacial score (nSPS) is 11.9. The van der Waals surface area contributed by atoms with Gasteiger partial charge in [-0.05, 0) is 68.3 Å². The van der Waals surface area contributed by atoms with Gasteiger partial charge in [0.15, 0.2) is 0 Å². The summed E-state index contributed by atoms with van der Waals surface area (Å²) in [7, 11) is -2.68. The summed E-state index contributed by atoms with van der Waals surface area (Å²) < 4.78 is 34.4. The molecule has 230 valence electrons. The lowest BCUT2D eigenvalue weighted by atomic mass is 10.0. The van der Waals surface area contributed by atoms with Crippen molar-refractivity contribution >= 4 is 27.5 Å². The van der Waals surface area contributed by atoms with E-state index >= 15 is 0 Å². The topological polar surface area (TPSA) is 96.0 Å². The largest absolute Gasteiger partial charge is 0.497 e. The first-order valence-corrected chi connectivity index (χ1v) is 15.9. The van der Waals surface area contributed by atoms with E-state index in [-0.39, 0.29) is 29.8 Å². The van der Waals surface area contributed by atoms with Gasteiger partial charge in [-0.15, -0.1) is 0 Å². The van der Waals surface area contributed by atoms with E-state index in [1.165, 1.54) is 24.1 Å². The predicted octanol–water partition coefficient (Wildman–Crippen LogP) is 5.36. The molecule has 0 saturated heterocycles. The van der Waals surface area contributed by atoms with Crippen LogP contribution in [0, 0.1) is 6.92 Å². The van der Waals surface area contributed by atoms with Crippen molar-refractivity contribution in [2.24, 2.45) is 0 Å². The molecule has 4 rings (SSSR count). The molecule has 0 unspecified atom stereocenters. The molecule has 0 spiro atoms. The Morgan fingerprint density at radius 3 is 1.95 bits per heavy atom. The molecule has 0 aliphatic heterocycles. The first-order valence-electron chi connectivity index (χ1n) is 14.5. The summed E-state index contributed by atoms with van der Waals surface area (Å²) in [6.07, 6.45) is 0.258. The van der Waals surface area contributed by atoms with Crippen LogP contribution in [0.5, 0.6) is 5.75 Å². The Morgan fingerprint density at radius 1 is 0.795 bits per heavy atom. The molecule has 8 nitrogen and oxygen atoms in total. The van der Waals surface area contributed by atoms with Gasteiger partial charge in [0, 0.05) is 19.0 Å². The van der Waals surface area contributed by atoms with E-state index in [1.54, 1.807) is 42.5 Å². The average Bonchev–Trinajstić information content (AvgIpc) is 3.02. The summed E-state index contributed by atoms with van der Waals surface area (Å²) in [6.45, 7) is 5.31. The Hall–Kier alpha value is -4.63. The maximum atomic E-state index is 14.4. The fourth-order valence-corrected chi connectivity index (χ4v) is 6.24. The maximum Gasteiger partial charge on any atom is 0.264 e. The quantitative estimate of drug-likeness (QED) is 0.219. The second-order valence-electron chi connectivity index (χ2n) is 10.9. The first-order chi connectivity index (χ1) is 21.1. The zero-order valence-electron chi connectivity index (χ0n) is 25.5. The minimum absolute atomic E-state index is 0.0124. The summed E-state index contributed by atoms with van der Waals surface area (Å²) >= 11 is 0. The molecule has 0 aromatic heterocycles. The highest BCUT2D eigenvalue weighted by Gasteiger charge is 2.34. The Labute approximate surface area is 260 Å². The fourth-order valence-electron chi connectivity index (χ4n) is 4.82. The second-order valence-corrected chi connectivity index (χ2v) is 12.8. The molecule has 0 heterocycles. The van der Waals surface area contributed by atoms with Gasteiger partial charge in [-0.2, -0.15) is 0 Å². The van der Waals surface area contributed by atoms with Crippen molar-refractivity contribution in [1.29, 1.82) is 0 Å². The van der Waals surface area contributed by atoms with Gasteiger partial charge in [-0.25, -0.2) is 8.42 Å². The van der Waals surface area contributed by atoms with E-state index in [9.17, 15) is 18.0 Å². The van der Waals surface area contributed by atoms with Crippen LogP contribution in [-0.4, -0.2) is 50.9 Å². The Balaban J connectivity index is 1.78. The average molecular weight is 614 g/mol. The number of carbonyl (C=O) groups is 2. The molecule has 2 amide bonds. The number of ether oxygens (including phenoxy) is 1. The van der Waals surface area contributed by atoms with E-state index in [2.05, 4.69) is 5.32 Å². The van der Waals surface area contributed by atoms with Crippen molar-refractivity contribution in [2.75, 3.05) is 18.0 Å². The molecule has 44 heavy (non-hydrogen) atoms. The predicted molar refractivity (Wildman–Crippen MR) is 173 cm³/mol. The molecule has 0 saturated carbocycles. The molecule has 4 aromatic rings. The Bertz CT molecular complexity index is 1630. The van der Waals surface area contributed by atoms with Gasteiger partial charge in [0.05, 0.1) is 17.7 Å². The van der Waals surface area contributed by atoms with Crippen LogP contribution in [0.25, 0.3) is 0 Å². The molecule has 1 N–H and O–H groups in total. The van der Waals surface area contributed by atoms with Crippen LogP contribution < -0.4 is 14.4 Å². The molecule has 0 aliphatic rings. The minimum atomic E-state index is -4.18. The number of nitrogens with one attached hydrogen (secondary N) is 1. The van der Waals surface area contributed by atoms with Gasteiger partial charge in [-0.3, -0.25) is 13.9 Å². The number of benzene rings is 4. The molecule has 0 fully saturated rings.